The number of hydrogen-bond acceptors (Lipinski definition) is 3. The van der Waals surface area contributed by atoms with Crippen molar-refractivity contribution in [1.82, 2.24) is 14.3 Å². The minimum atomic E-state index is -3.44. The molecule has 20 heavy (non-hydrogen) atoms. The van der Waals surface area contributed by atoms with Gasteiger partial charge in [-0.3, -0.25) is 0 Å². The SMILES string of the molecule is CC(Cc1ccc(F)cc1)NS(=O)(=O)N1CCNCC1. The Hall–Kier alpha value is -1.02. The third-order valence-corrected chi connectivity index (χ3v) is 4.97. The van der Waals surface area contributed by atoms with Crippen molar-refractivity contribution >= 4 is 10.2 Å². The summed E-state index contributed by atoms with van der Waals surface area (Å²) in [6, 6.07) is 5.87. The lowest BCUT2D eigenvalue weighted by Gasteiger charge is -2.28. The van der Waals surface area contributed by atoms with E-state index in [1.165, 1.54) is 16.4 Å². The predicted octanol–water partition coefficient (Wildman–Crippen LogP) is 0.496. The molecule has 1 aromatic carbocycles. The summed E-state index contributed by atoms with van der Waals surface area (Å²) < 4.78 is 41.3. The minimum absolute atomic E-state index is 0.236. The highest BCUT2D eigenvalue weighted by Crippen LogP contribution is 2.08. The molecule has 1 atom stereocenters. The maximum atomic E-state index is 12.8. The number of benzene rings is 1. The fourth-order valence-electron chi connectivity index (χ4n) is 2.23. The maximum absolute atomic E-state index is 12.8. The molecule has 0 spiro atoms. The van der Waals surface area contributed by atoms with Gasteiger partial charge < -0.3 is 5.32 Å². The van der Waals surface area contributed by atoms with Gasteiger partial charge in [-0.15, -0.1) is 0 Å². The van der Waals surface area contributed by atoms with E-state index in [9.17, 15) is 12.8 Å². The van der Waals surface area contributed by atoms with Crippen LogP contribution in [0.5, 0.6) is 0 Å². The Morgan fingerprint density at radius 3 is 2.50 bits per heavy atom. The van der Waals surface area contributed by atoms with Crippen LogP contribution in [0.4, 0.5) is 4.39 Å². The van der Waals surface area contributed by atoms with Gasteiger partial charge >= 0.3 is 0 Å². The first-order valence-corrected chi connectivity index (χ1v) is 8.14. The monoisotopic (exact) mass is 301 g/mol. The zero-order valence-electron chi connectivity index (χ0n) is 11.5. The van der Waals surface area contributed by atoms with Gasteiger partial charge in [0.2, 0.25) is 0 Å². The molecule has 1 unspecified atom stereocenters. The van der Waals surface area contributed by atoms with Gasteiger partial charge in [0.15, 0.2) is 0 Å². The van der Waals surface area contributed by atoms with Crippen LogP contribution in [0.25, 0.3) is 0 Å². The molecule has 2 rings (SSSR count). The summed E-state index contributed by atoms with van der Waals surface area (Å²) >= 11 is 0. The average molecular weight is 301 g/mol. The van der Waals surface area contributed by atoms with Gasteiger partial charge in [0.05, 0.1) is 0 Å². The lowest BCUT2D eigenvalue weighted by Crippen LogP contribution is -2.52. The van der Waals surface area contributed by atoms with Crippen molar-refractivity contribution in [3.8, 4) is 0 Å². The van der Waals surface area contributed by atoms with E-state index in [1.807, 2.05) is 6.92 Å². The average Bonchev–Trinajstić information content (AvgIpc) is 2.42. The fourth-order valence-corrected chi connectivity index (χ4v) is 3.63. The van der Waals surface area contributed by atoms with Crippen LogP contribution in [0.1, 0.15) is 12.5 Å². The summed E-state index contributed by atoms with van der Waals surface area (Å²) in [5, 5.41) is 3.12. The van der Waals surface area contributed by atoms with E-state index in [1.54, 1.807) is 12.1 Å². The van der Waals surface area contributed by atoms with Crippen molar-refractivity contribution in [3.63, 3.8) is 0 Å². The van der Waals surface area contributed by atoms with Crippen LogP contribution in [0.15, 0.2) is 24.3 Å². The summed E-state index contributed by atoms with van der Waals surface area (Å²) in [7, 11) is -3.44. The van der Waals surface area contributed by atoms with Crippen LogP contribution in [0, 0.1) is 5.82 Å². The quantitative estimate of drug-likeness (QED) is 0.832. The second-order valence-electron chi connectivity index (χ2n) is 5.00. The number of halogens is 1. The molecule has 0 radical (unpaired) electrons. The molecule has 112 valence electrons. The largest absolute Gasteiger partial charge is 0.314 e. The Bertz CT molecular complexity index is 527. The highest BCUT2D eigenvalue weighted by atomic mass is 32.2. The van der Waals surface area contributed by atoms with Gasteiger partial charge in [-0.25, -0.2) is 4.39 Å². The molecule has 1 aromatic rings. The van der Waals surface area contributed by atoms with Gasteiger partial charge in [0.25, 0.3) is 10.2 Å². The van der Waals surface area contributed by atoms with Crippen LogP contribution in [0.2, 0.25) is 0 Å². The highest BCUT2D eigenvalue weighted by Gasteiger charge is 2.25. The standard InChI is InChI=1S/C13H20FN3O2S/c1-11(10-12-2-4-13(14)5-3-12)16-20(18,19)17-8-6-15-7-9-17/h2-5,11,15-16H,6-10H2,1H3. The van der Waals surface area contributed by atoms with E-state index in [2.05, 4.69) is 10.0 Å². The Balaban J connectivity index is 1.92. The Labute approximate surface area is 119 Å². The summed E-state index contributed by atoms with van der Waals surface area (Å²) in [4.78, 5) is 0. The molecule has 0 saturated carbocycles. The summed E-state index contributed by atoms with van der Waals surface area (Å²) in [6.45, 7) is 4.13. The van der Waals surface area contributed by atoms with E-state index in [4.69, 9.17) is 0 Å². The molecule has 5 nitrogen and oxygen atoms in total. The highest BCUT2D eigenvalue weighted by molar-refractivity contribution is 7.87. The zero-order valence-corrected chi connectivity index (χ0v) is 12.3. The molecule has 1 aliphatic heterocycles. The predicted molar refractivity (Wildman–Crippen MR) is 76.1 cm³/mol. The Kier molecular flexibility index (Phi) is 5.09. The maximum Gasteiger partial charge on any atom is 0.279 e. The van der Waals surface area contributed by atoms with E-state index in [0.29, 0.717) is 32.6 Å². The van der Waals surface area contributed by atoms with Crippen molar-refractivity contribution in [2.75, 3.05) is 26.2 Å². The summed E-state index contributed by atoms with van der Waals surface area (Å²) in [5.74, 6) is -0.289. The van der Waals surface area contributed by atoms with Gasteiger partial charge in [0, 0.05) is 32.2 Å². The smallest absolute Gasteiger partial charge is 0.279 e. The minimum Gasteiger partial charge on any atom is -0.314 e. The first-order chi connectivity index (χ1) is 9.47. The topological polar surface area (TPSA) is 61.4 Å². The fraction of sp³-hybridized carbons (Fsp3) is 0.538. The molecule has 1 heterocycles. The third kappa shape index (κ3) is 4.24. The van der Waals surface area contributed by atoms with E-state index >= 15 is 0 Å². The second kappa shape index (κ2) is 6.62. The van der Waals surface area contributed by atoms with Gasteiger partial charge in [-0.1, -0.05) is 12.1 Å². The molecule has 7 heteroatoms. The molecular formula is C13H20FN3O2S. The van der Waals surface area contributed by atoms with Crippen molar-refractivity contribution in [2.24, 2.45) is 0 Å². The van der Waals surface area contributed by atoms with Crippen LogP contribution in [-0.4, -0.2) is 44.9 Å². The first kappa shape index (κ1) is 15.4. The van der Waals surface area contributed by atoms with Gasteiger partial charge in [-0.05, 0) is 31.0 Å². The van der Waals surface area contributed by atoms with Gasteiger partial charge in [-0.2, -0.15) is 17.4 Å². The van der Waals surface area contributed by atoms with Crippen molar-refractivity contribution < 1.29 is 12.8 Å². The molecule has 0 aliphatic carbocycles. The van der Waals surface area contributed by atoms with Crippen LogP contribution in [-0.2, 0) is 16.6 Å². The molecule has 1 fully saturated rings. The lowest BCUT2D eigenvalue weighted by atomic mass is 10.1. The van der Waals surface area contributed by atoms with Crippen LogP contribution < -0.4 is 10.0 Å². The zero-order chi connectivity index (χ0) is 14.6. The molecule has 0 bridgehead atoms. The number of hydrogen-bond donors (Lipinski definition) is 2. The normalized spacial score (nSPS) is 18.9. The lowest BCUT2D eigenvalue weighted by molar-refractivity contribution is 0.352. The second-order valence-corrected chi connectivity index (χ2v) is 6.71. The third-order valence-electron chi connectivity index (χ3n) is 3.22. The number of rotatable bonds is 5. The van der Waals surface area contributed by atoms with Crippen LogP contribution in [0.3, 0.4) is 0 Å². The van der Waals surface area contributed by atoms with Gasteiger partial charge in [0.1, 0.15) is 5.82 Å². The molecule has 2 N–H and O–H groups in total. The van der Waals surface area contributed by atoms with Crippen molar-refractivity contribution in [1.29, 1.82) is 0 Å². The molecular weight excluding hydrogens is 281 g/mol. The Morgan fingerprint density at radius 1 is 1.30 bits per heavy atom. The van der Waals surface area contributed by atoms with Crippen LogP contribution >= 0.6 is 0 Å². The summed E-state index contributed by atoms with van der Waals surface area (Å²) in [5.41, 5.74) is 0.905. The Morgan fingerprint density at radius 2 is 1.90 bits per heavy atom. The molecule has 1 aliphatic rings. The number of nitrogens with one attached hydrogen (secondary N) is 2. The number of piperazine rings is 1. The van der Waals surface area contributed by atoms with Crippen molar-refractivity contribution in [2.45, 2.75) is 19.4 Å². The van der Waals surface area contributed by atoms with E-state index in [-0.39, 0.29) is 11.9 Å². The molecule has 0 amide bonds. The first-order valence-electron chi connectivity index (χ1n) is 6.70. The molecule has 0 aromatic heterocycles. The van der Waals surface area contributed by atoms with Crippen molar-refractivity contribution in [3.05, 3.63) is 35.6 Å². The number of nitrogens with zero attached hydrogens (tertiary/aromatic N) is 1. The molecule has 1 saturated heterocycles. The van der Waals surface area contributed by atoms with E-state index < -0.39 is 10.2 Å². The van der Waals surface area contributed by atoms with E-state index in [0.717, 1.165) is 5.56 Å². The summed E-state index contributed by atoms with van der Waals surface area (Å²) in [6.07, 6.45) is 0.533.